The lowest BCUT2D eigenvalue weighted by atomic mass is 9.82. The van der Waals surface area contributed by atoms with Gasteiger partial charge in [0.05, 0.1) is 0 Å². The second kappa shape index (κ2) is 14.9. The van der Waals surface area contributed by atoms with Gasteiger partial charge in [-0.2, -0.15) is 0 Å². The molecular weight excluding hydrogens is 799 g/mol. The molecule has 0 saturated carbocycles. The number of allylic oxidation sites excluding steroid dienone is 2. The van der Waals surface area contributed by atoms with Gasteiger partial charge in [0, 0.05) is 22.1 Å². The van der Waals surface area contributed by atoms with Crippen molar-refractivity contribution in [1.29, 1.82) is 0 Å². The van der Waals surface area contributed by atoms with Gasteiger partial charge in [-0.1, -0.05) is 202 Å². The molecule has 11 aromatic rings. The predicted molar refractivity (Wildman–Crippen MR) is 277 cm³/mol. The van der Waals surface area contributed by atoms with Gasteiger partial charge in [0.2, 0.25) is 0 Å². The van der Waals surface area contributed by atoms with Gasteiger partial charge in [0.1, 0.15) is 0 Å². The summed E-state index contributed by atoms with van der Waals surface area (Å²) >= 11 is 0. The molecule has 0 amide bonds. The first kappa shape index (κ1) is 38.2. The van der Waals surface area contributed by atoms with E-state index in [1.165, 1.54) is 76.8 Å². The summed E-state index contributed by atoms with van der Waals surface area (Å²) in [5, 5.41) is 9.67. The van der Waals surface area contributed by atoms with Crippen molar-refractivity contribution < 1.29 is 0 Å². The topological polar surface area (TPSA) is 38.7 Å². The number of nitrogens with zero attached hydrogens (tertiary/aromatic N) is 3. The van der Waals surface area contributed by atoms with Gasteiger partial charge in [-0.3, -0.25) is 0 Å². The van der Waals surface area contributed by atoms with Crippen molar-refractivity contribution in [3.05, 3.63) is 222 Å². The molecule has 1 heterocycles. The maximum absolute atomic E-state index is 5.48. The molecule has 0 radical (unpaired) electrons. The zero-order valence-electron chi connectivity index (χ0n) is 36.8. The van der Waals surface area contributed by atoms with Crippen molar-refractivity contribution in [1.82, 2.24) is 15.0 Å². The summed E-state index contributed by atoms with van der Waals surface area (Å²) in [4.78, 5) is 16.4. The van der Waals surface area contributed by atoms with Crippen molar-refractivity contribution in [3.63, 3.8) is 0 Å². The number of hydrogen-bond acceptors (Lipinski definition) is 3. The first-order chi connectivity index (χ1) is 32.5. The number of fused-ring (bicyclic) bond motifs is 9. The Labute approximate surface area is 384 Å². The molecule has 0 bridgehead atoms. The molecule has 0 aliphatic heterocycles. The molecule has 13 rings (SSSR count). The fraction of sp³-hybridized carbons (Fsp3) is 0.0635. The van der Waals surface area contributed by atoms with Crippen LogP contribution in [0.4, 0.5) is 0 Å². The summed E-state index contributed by atoms with van der Waals surface area (Å²) in [5.41, 5.74) is 15.0. The number of aromatic nitrogens is 3. The van der Waals surface area contributed by atoms with E-state index in [1.54, 1.807) is 0 Å². The summed E-state index contributed by atoms with van der Waals surface area (Å²) < 4.78 is 0. The van der Waals surface area contributed by atoms with Crippen molar-refractivity contribution in [3.8, 4) is 67.5 Å². The largest absolute Gasteiger partial charge is 0.208 e. The smallest absolute Gasteiger partial charge is 0.164 e. The lowest BCUT2D eigenvalue weighted by Gasteiger charge is -2.22. The van der Waals surface area contributed by atoms with Gasteiger partial charge in [-0.25, -0.2) is 15.0 Å². The fourth-order valence-electron chi connectivity index (χ4n) is 10.9. The van der Waals surface area contributed by atoms with Gasteiger partial charge < -0.3 is 0 Å². The van der Waals surface area contributed by atoms with E-state index in [9.17, 15) is 0 Å². The van der Waals surface area contributed by atoms with E-state index in [0.29, 0.717) is 17.5 Å². The van der Waals surface area contributed by atoms with Crippen LogP contribution in [0.2, 0.25) is 0 Å². The highest BCUT2D eigenvalue weighted by Gasteiger charge is 2.35. The molecule has 310 valence electrons. The lowest BCUT2D eigenvalue weighted by molar-refractivity contribution is 0.660. The number of hydrogen-bond donors (Lipinski definition) is 0. The van der Waals surface area contributed by atoms with E-state index in [2.05, 4.69) is 226 Å². The monoisotopic (exact) mass is 841 g/mol. The van der Waals surface area contributed by atoms with E-state index >= 15 is 0 Å². The SMILES string of the molecule is CC1(C)c2ccccc2-c2ccc(-c3nc(-c4ccc(-c5ccccc5)c5c4C=CCC=C5)nc(-c4ccc(-c5c6ccccc6cc6c5ccc5ccccc56)c5ccccc45)n3)cc21. The molecule has 3 nitrogen and oxygen atoms in total. The van der Waals surface area contributed by atoms with Gasteiger partial charge >= 0.3 is 0 Å². The predicted octanol–water partition coefficient (Wildman–Crippen LogP) is 16.6. The molecule has 0 N–H and O–H groups in total. The Morgan fingerprint density at radius 3 is 1.74 bits per heavy atom. The van der Waals surface area contributed by atoms with Crippen molar-refractivity contribution >= 4 is 55.2 Å². The fourth-order valence-corrected chi connectivity index (χ4v) is 10.9. The first-order valence-corrected chi connectivity index (χ1v) is 22.9. The molecule has 0 fully saturated rings. The van der Waals surface area contributed by atoms with Crippen LogP contribution in [0.3, 0.4) is 0 Å². The third-order valence-electron chi connectivity index (χ3n) is 14.1. The third kappa shape index (κ3) is 5.93. The van der Waals surface area contributed by atoms with E-state index in [-0.39, 0.29) is 5.41 Å². The van der Waals surface area contributed by atoms with E-state index in [0.717, 1.165) is 45.0 Å². The normalized spacial score (nSPS) is 13.5. The molecule has 3 heteroatoms. The Morgan fingerprint density at radius 1 is 0.348 bits per heavy atom. The average Bonchev–Trinajstić information content (AvgIpc) is 3.48. The molecule has 0 spiro atoms. The number of benzene rings is 10. The average molecular weight is 842 g/mol. The van der Waals surface area contributed by atoms with Crippen molar-refractivity contribution in [2.24, 2.45) is 0 Å². The first-order valence-electron chi connectivity index (χ1n) is 22.9. The second-order valence-electron chi connectivity index (χ2n) is 18.2. The van der Waals surface area contributed by atoms with Crippen LogP contribution in [0, 0.1) is 0 Å². The van der Waals surface area contributed by atoms with Gasteiger partial charge in [-0.05, 0) is 129 Å². The van der Waals surface area contributed by atoms with Crippen LogP contribution in [0.15, 0.2) is 200 Å². The molecule has 0 saturated heterocycles. The zero-order chi connectivity index (χ0) is 43.9. The zero-order valence-corrected chi connectivity index (χ0v) is 36.8. The molecule has 0 unspecified atom stereocenters. The third-order valence-corrected chi connectivity index (χ3v) is 14.1. The van der Waals surface area contributed by atoms with E-state index in [1.807, 2.05) is 0 Å². The van der Waals surface area contributed by atoms with Crippen molar-refractivity contribution in [2.75, 3.05) is 0 Å². The van der Waals surface area contributed by atoms with Crippen LogP contribution in [-0.4, -0.2) is 15.0 Å². The van der Waals surface area contributed by atoms with Crippen LogP contribution in [0.25, 0.3) is 123 Å². The molecular formula is C63H43N3. The lowest BCUT2D eigenvalue weighted by Crippen LogP contribution is -2.15. The molecule has 0 atom stereocenters. The van der Waals surface area contributed by atoms with Crippen LogP contribution < -0.4 is 0 Å². The highest BCUT2D eigenvalue weighted by molar-refractivity contribution is 6.23. The van der Waals surface area contributed by atoms with E-state index < -0.39 is 0 Å². The molecule has 1 aromatic heterocycles. The summed E-state index contributed by atoms with van der Waals surface area (Å²) in [7, 11) is 0. The highest BCUT2D eigenvalue weighted by atomic mass is 15.0. The van der Waals surface area contributed by atoms with Crippen molar-refractivity contribution in [2.45, 2.75) is 25.7 Å². The van der Waals surface area contributed by atoms with Crippen LogP contribution in [0.1, 0.15) is 42.5 Å². The Hall–Kier alpha value is -8.27. The second-order valence-corrected chi connectivity index (χ2v) is 18.2. The number of rotatable bonds is 5. The Balaban J connectivity index is 1.06. The maximum Gasteiger partial charge on any atom is 0.164 e. The molecule has 10 aromatic carbocycles. The van der Waals surface area contributed by atoms with Gasteiger partial charge in [-0.15, -0.1) is 0 Å². The summed E-state index contributed by atoms with van der Waals surface area (Å²) in [6.07, 6.45) is 9.83. The molecule has 66 heavy (non-hydrogen) atoms. The Kier molecular flexibility index (Phi) is 8.63. The van der Waals surface area contributed by atoms with Crippen LogP contribution in [-0.2, 0) is 5.41 Å². The summed E-state index contributed by atoms with van der Waals surface area (Å²) in [5.74, 6) is 1.94. The minimum absolute atomic E-state index is 0.174. The minimum atomic E-state index is -0.174. The Morgan fingerprint density at radius 2 is 0.924 bits per heavy atom. The quantitative estimate of drug-likeness (QED) is 0.128. The molecule has 2 aliphatic carbocycles. The molecule has 2 aliphatic rings. The summed E-state index contributed by atoms with van der Waals surface area (Å²) in [6.45, 7) is 4.65. The van der Waals surface area contributed by atoms with Gasteiger partial charge in [0.15, 0.2) is 17.5 Å². The standard InChI is InChI=1S/C63H43N3/c1-63(2)57-28-16-15-27-50(57)51-31-30-42(38-58(51)63)60-64-61(54-35-33-44(39-17-5-3-6-18-39)46-23-7-4-8-24-48(46)54)66-62(65-60)55-36-34-52(47-25-13-14-26-49(47)55)59-45-22-12-10-20-41(45)37-56-43-21-11-9-19-40(43)29-32-53(56)59/h3,5-38H,4H2,1-2H3. The van der Waals surface area contributed by atoms with Crippen LogP contribution >= 0.6 is 0 Å². The highest BCUT2D eigenvalue weighted by Crippen LogP contribution is 2.50. The van der Waals surface area contributed by atoms with Crippen LogP contribution in [0.5, 0.6) is 0 Å². The maximum atomic E-state index is 5.48. The minimum Gasteiger partial charge on any atom is -0.208 e. The Bertz CT molecular complexity index is 3870. The van der Waals surface area contributed by atoms with Gasteiger partial charge in [0.25, 0.3) is 0 Å². The summed E-state index contributed by atoms with van der Waals surface area (Å²) in [6, 6.07) is 68.4. The van der Waals surface area contributed by atoms with E-state index in [4.69, 9.17) is 15.0 Å².